The van der Waals surface area contributed by atoms with Crippen molar-refractivity contribution in [2.45, 2.75) is 97.3 Å². The van der Waals surface area contributed by atoms with Gasteiger partial charge in [-0.15, -0.1) is 11.6 Å². The lowest BCUT2D eigenvalue weighted by atomic mass is 9.95. The second kappa shape index (κ2) is 19.6. The molecule has 3 aliphatic heterocycles. The number of halogens is 1. The molecule has 4 heterocycles. The molecule has 0 bridgehead atoms. The van der Waals surface area contributed by atoms with Crippen LogP contribution in [0.25, 0.3) is 0 Å². The molecule has 1 aromatic heterocycles. The maximum Gasteiger partial charge on any atom is 0.227 e. The Labute approximate surface area is 328 Å². The van der Waals surface area contributed by atoms with Crippen molar-refractivity contribution in [3.8, 4) is 11.5 Å². The Balaban J connectivity index is 0.000000260. The molecule has 1 saturated heterocycles. The van der Waals surface area contributed by atoms with Gasteiger partial charge in [0.25, 0.3) is 0 Å². The summed E-state index contributed by atoms with van der Waals surface area (Å²) in [6, 6.07) is 14.1. The molecule has 2 amide bonds. The highest BCUT2D eigenvalue weighted by Crippen LogP contribution is 2.36. The fourth-order valence-corrected chi connectivity index (χ4v) is 7.72. The number of ether oxygens (including phenoxy) is 2. The van der Waals surface area contributed by atoms with Crippen LogP contribution in [0.4, 0.5) is 17.2 Å². The number of benzene rings is 2. The van der Waals surface area contributed by atoms with E-state index in [4.69, 9.17) is 31.0 Å². The van der Waals surface area contributed by atoms with Crippen LogP contribution in [0.1, 0.15) is 95.3 Å². The third-order valence-corrected chi connectivity index (χ3v) is 10.8. The van der Waals surface area contributed by atoms with Gasteiger partial charge in [-0.1, -0.05) is 46.2 Å². The number of carbonyl (C=O) groups is 2. The first-order chi connectivity index (χ1) is 26.1. The number of hydrogen-bond donors (Lipinski definition) is 0. The maximum absolute atomic E-state index is 12.6. The van der Waals surface area contributed by atoms with Crippen LogP contribution < -0.4 is 24.2 Å². The number of methoxy groups -OCH3 is 2. The van der Waals surface area contributed by atoms with Gasteiger partial charge in [0.05, 0.1) is 25.6 Å². The number of alkyl halides is 1. The van der Waals surface area contributed by atoms with Gasteiger partial charge in [0.1, 0.15) is 23.1 Å². The van der Waals surface area contributed by atoms with E-state index >= 15 is 0 Å². The molecule has 0 saturated carbocycles. The zero-order valence-electron chi connectivity index (χ0n) is 33.5. The van der Waals surface area contributed by atoms with Crippen molar-refractivity contribution in [1.82, 2.24) is 14.9 Å². The van der Waals surface area contributed by atoms with Crippen molar-refractivity contribution in [2.75, 3.05) is 80.6 Å². The average molecular weight is 761 g/mol. The molecule has 2 aromatic carbocycles. The Morgan fingerprint density at radius 1 is 0.722 bits per heavy atom. The highest BCUT2D eigenvalue weighted by atomic mass is 35.5. The fraction of sp³-hybridized carbons (Fsp3) is 0.581. The molecule has 0 aliphatic carbocycles. The van der Waals surface area contributed by atoms with Gasteiger partial charge >= 0.3 is 0 Å². The second-order valence-electron chi connectivity index (χ2n) is 15.5. The van der Waals surface area contributed by atoms with Gasteiger partial charge in [-0.3, -0.25) is 14.5 Å². The van der Waals surface area contributed by atoms with E-state index in [1.807, 2.05) is 40.1 Å². The maximum atomic E-state index is 12.6. The summed E-state index contributed by atoms with van der Waals surface area (Å²) < 4.78 is 10.9. The smallest absolute Gasteiger partial charge is 0.227 e. The number of anilines is 3. The van der Waals surface area contributed by atoms with Gasteiger partial charge in [-0.25, -0.2) is 9.97 Å². The van der Waals surface area contributed by atoms with Gasteiger partial charge in [-0.05, 0) is 75.8 Å². The van der Waals surface area contributed by atoms with Crippen LogP contribution in [0.2, 0.25) is 0 Å². The molecule has 54 heavy (non-hydrogen) atoms. The molecule has 0 spiro atoms. The molecule has 1 fully saturated rings. The number of fused-ring (bicyclic) bond motifs is 2. The van der Waals surface area contributed by atoms with Crippen LogP contribution in [-0.2, 0) is 34.3 Å². The molecular formula is C43H61ClN6O4. The summed E-state index contributed by atoms with van der Waals surface area (Å²) >= 11 is 5.68. The van der Waals surface area contributed by atoms with E-state index in [9.17, 15) is 9.59 Å². The standard InChI is InChI=1S/C29H43N5O2.C14H18ClNO2/c1-6-10-22-21-26(31-28(30-22)29(2,3)4)33-19-17-32(18-20-33)15-7-8-16-34-24-11-9-12-25(36-5)23(24)13-14-27(34)35;1-18-13-6-4-5-12-11(13)7-8-14(17)16(12)10-3-2-9-15/h9,11-12,21H,6-8,10,13-20H2,1-5H3;4-6H,2-3,7-10H2,1H3. The molecule has 3 aliphatic rings. The lowest BCUT2D eigenvalue weighted by Gasteiger charge is -2.36. The minimum atomic E-state index is -0.0539. The summed E-state index contributed by atoms with van der Waals surface area (Å²) in [7, 11) is 3.37. The van der Waals surface area contributed by atoms with E-state index in [1.165, 1.54) is 0 Å². The molecule has 0 atom stereocenters. The number of aromatic nitrogens is 2. The molecular weight excluding hydrogens is 700 g/mol. The van der Waals surface area contributed by atoms with E-state index in [0.717, 1.165) is 149 Å². The van der Waals surface area contributed by atoms with E-state index in [0.29, 0.717) is 18.7 Å². The van der Waals surface area contributed by atoms with Crippen molar-refractivity contribution in [2.24, 2.45) is 0 Å². The number of piperazine rings is 1. The van der Waals surface area contributed by atoms with Gasteiger partial charge in [-0.2, -0.15) is 0 Å². The number of nitrogens with zero attached hydrogens (tertiary/aromatic N) is 6. The van der Waals surface area contributed by atoms with E-state index in [-0.39, 0.29) is 17.2 Å². The Morgan fingerprint density at radius 2 is 1.26 bits per heavy atom. The molecule has 0 N–H and O–H groups in total. The highest BCUT2D eigenvalue weighted by Gasteiger charge is 2.28. The number of hydrogen-bond acceptors (Lipinski definition) is 8. The first kappa shape index (κ1) is 41.3. The molecule has 0 radical (unpaired) electrons. The van der Waals surface area contributed by atoms with Gasteiger partial charge < -0.3 is 24.2 Å². The monoisotopic (exact) mass is 760 g/mol. The van der Waals surface area contributed by atoms with Crippen molar-refractivity contribution in [1.29, 1.82) is 0 Å². The van der Waals surface area contributed by atoms with Crippen LogP contribution >= 0.6 is 11.6 Å². The predicted molar refractivity (Wildman–Crippen MR) is 220 cm³/mol. The largest absolute Gasteiger partial charge is 0.496 e. The molecule has 10 nitrogen and oxygen atoms in total. The summed E-state index contributed by atoms with van der Waals surface area (Å²) in [5, 5.41) is 0. The second-order valence-corrected chi connectivity index (χ2v) is 15.9. The third kappa shape index (κ3) is 10.4. The van der Waals surface area contributed by atoms with Gasteiger partial charge in [0, 0.05) is 86.3 Å². The summed E-state index contributed by atoms with van der Waals surface area (Å²) in [5.74, 6) is 4.86. The predicted octanol–water partition coefficient (Wildman–Crippen LogP) is 7.61. The molecule has 11 heteroatoms. The normalized spacial score (nSPS) is 16.1. The molecule has 0 unspecified atom stereocenters. The van der Waals surface area contributed by atoms with Crippen LogP contribution in [0, 0.1) is 0 Å². The third-order valence-electron chi connectivity index (χ3n) is 10.5. The Kier molecular flexibility index (Phi) is 15.0. The Hall–Kier alpha value is -3.89. The van der Waals surface area contributed by atoms with E-state index in [1.54, 1.807) is 14.2 Å². The summed E-state index contributed by atoms with van der Waals surface area (Å²) in [4.78, 5) is 43.2. The zero-order chi connectivity index (χ0) is 38.7. The minimum absolute atomic E-state index is 0.0539. The summed E-state index contributed by atoms with van der Waals surface area (Å²) in [6.45, 7) is 15.4. The lowest BCUT2D eigenvalue weighted by Crippen LogP contribution is -2.47. The topological polar surface area (TPSA) is 91.3 Å². The summed E-state index contributed by atoms with van der Waals surface area (Å²) in [6.07, 6.45) is 8.72. The number of aryl methyl sites for hydroxylation is 1. The van der Waals surface area contributed by atoms with Crippen LogP contribution in [0.3, 0.4) is 0 Å². The van der Waals surface area contributed by atoms with Crippen LogP contribution in [0.15, 0.2) is 42.5 Å². The number of rotatable bonds is 14. The van der Waals surface area contributed by atoms with Gasteiger partial charge in [0.15, 0.2) is 0 Å². The molecule has 294 valence electrons. The number of unbranched alkanes of at least 4 members (excludes halogenated alkanes) is 2. The molecule has 3 aromatic rings. The first-order valence-corrected chi connectivity index (χ1v) is 20.5. The number of amides is 2. The van der Waals surface area contributed by atoms with Gasteiger partial charge in [0.2, 0.25) is 11.8 Å². The number of carbonyl (C=O) groups excluding carboxylic acids is 2. The SMILES string of the molecule is CCCc1cc(N2CCN(CCCCN3C(=O)CCc4c(OC)cccc43)CC2)nc(C(C)(C)C)n1.COc1cccc2c1CCC(=O)N2CCCCCl. The van der Waals surface area contributed by atoms with Crippen molar-refractivity contribution in [3.63, 3.8) is 0 Å². The Bertz CT molecular complexity index is 1700. The van der Waals surface area contributed by atoms with Crippen LogP contribution in [0.5, 0.6) is 11.5 Å². The quantitative estimate of drug-likeness (QED) is 0.123. The van der Waals surface area contributed by atoms with E-state index in [2.05, 4.69) is 49.6 Å². The van der Waals surface area contributed by atoms with Crippen molar-refractivity contribution >= 4 is 40.6 Å². The average Bonchev–Trinajstić information content (AvgIpc) is 3.17. The van der Waals surface area contributed by atoms with E-state index < -0.39 is 0 Å². The van der Waals surface area contributed by atoms with Crippen LogP contribution in [-0.4, -0.2) is 92.6 Å². The lowest BCUT2D eigenvalue weighted by molar-refractivity contribution is -0.119. The fourth-order valence-electron chi connectivity index (χ4n) is 7.53. The highest BCUT2D eigenvalue weighted by molar-refractivity contribution is 6.17. The molecule has 6 rings (SSSR count). The summed E-state index contributed by atoms with van der Waals surface area (Å²) in [5.41, 5.74) is 5.44. The van der Waals surface area contributed by atoms with Crippen molar-refractivity contribution < 1.29 is 19.1 Å². The van der Waals surface area contributed by atoms with Crippen molar-refractivity contribution in [3.05, 3.63) is 65.1 Å². The Morgan fingerprint density at radius 3 is 1.76 bits per heavy atom. The first-order valence-electron chi connectivity index (χ1n) is 19.9. The zero-order valence-corrected chi connectivity index (χ0v) is 34.2. The minimum Gasteiger partial charge on any atom is -0.496 e.